The fourth-order valence-corrected chi connectivity index (χ4v) is 4.47. The number of likely N-dealkylation sites (tertiary alicyclic amines) is 1. The number of benzene rings is 1. The van der Waals surface area contributed by atoms with Crippen molar-refractivity contribution in [3.05, 3.63) is 45.6 Å². The average molecular weight is 417 g/mol. The Hall–Kier alpha value is -2.25. The van der Waals surface area contributed by atoms with Gasteiger partial charge < -0.3 is 20.1 Å². The molecule has 1 atom stereocenters. The van der Waals surface area contributed by atoms with Crippen LogP contribution in [0.1, 0.15) is 28.7 Å². The highest BCUT2D eigenvalue weighted by molar-refractivity contribution is 7.11. The van der Waals surface area contributed by atoms with Gasteiger partial charge in [0.25, 0.3) is 0 Å². The van der Waals surface area contributed by atoms with Crippen LogP contribution in [0.2, 0.25) is 0 Å². The molecule has 1 unspecified atom stereocenters. The fraction of sp³-hybridized carbons (Fsp3) is 0.500. The molecule has 1 aliphatic rings. The predicted molar refractivity (Wildman–Crippen MR) is 120 cm³/mol. The molecular formula is C22H32N4O2S. The summed E-state index contributed by atoms with van der Waals surface area (Å²) in [6.07, 6.45) is 2.19. The van der Waals surface area contributed by atoms with Crippen LogP contribution in [0.4, 0.5) is 0 Å². The van der Waals surface area contributed by atoms with Crippen molar-refractivity contribution in [3.63, 3.8) is 0 Å². The van der Waals surface area contributed by atoms with E-state index in [4.69, 9.17) is 9.47 Å². The van der Waals surface area contributed by atoms with Crippen LogP contribution >= 0.6 is 11.3 Å². The van der Waals surface area contributed by atoms with Crippen LogP contribution in [-0.4, -0.2) is 51.3 Å². The Morgan fingerprint density at radius 2 is 1.90 bits per heavy atom. The minimum atomic E-state index is 0.392. The Kier molecular flexibility index (Phi) is 7.77. The largest absolute Gasteiger partial charge is 0.497 e. The van der Waals surface area contributed by atoms with Crippen LogP contribution in [0.3, 0.4) is 0 Å². The second-order valence-corrected chi connectivity index (χ2v) is 8.49. The van der Waals surface area contributed by atoms with Crippen molar-refractivity contribution in [2.24, 2.45) is 4.99 Å². The normalized spacial score (nSPS) is 17.4. The Labute approximate surface area is 177 Å². The molecule has 158 valence electrons. The molecule has 0 amide bonds. The minimum Gasteiger partial charge on any atom is -0.497 e. The maximum absolute atomic E-state index is 5.39. The second kappa shape index (κ2) is 10.5. The molecule has 1 aromatic carbocycles. The third kappa shape index (κ3) is 6.11. The summed E-state index contributed by atoms with van der Waals surface area (Å²) in [6, 6.07) is 10.9. The van der Waals surface area contributed by atoms with E-state index in [0.29, 0.717) is 6.04 Å². The van der Waals surface area contributed by atoms with Crippen LogP contribution in [0, 0.1) is 0 Å². The van der Waals surface area contributed by atoms with Crippen molar-refractivity contribution in [1.82, 2.24) is 15.5 Å². The van der Waals surface area contributed by atoms with Gasteiger partial charge in [-0.2, -0.15) is 0 Å². The number of aliphatic imine (C=N–C) groups is 1. The Morgan fingerprint density at radius 1 is 1.17 bits per heavy atom. The molecule has 29 heavy (non-hydrogen) atoms. The van der Waals surface area contributed by atoms with Crippen molar-refractivity contribution in [2.45, 2.75) is 38.9 Å². The van der Waals surface area contributed by atoms with E-state index >= 15 is 0 Å². The summed E-state index contributed by atoms with van der Waals surface area (Å²) in [5, 5.41) is 7.01. The number of nitrogens with zero attached hydrogens (tertiary/aromatic N) is 2. The number of guanidine groups is 1. The molecule has 0 radical (unpaired) electrons. The van der Waals surface area contributed by atoms with Crippen LogP contribution in [-0.2, 0) is 19.5 Å². The van der Waals surface area contributed by atoms with Gasteiger partial charge in [0.05, 0.1) is 20.8 Å². The van der Waals surface area contributed by atoms with E-state index in [0.717, 1.165) is 56.5 Å². The van der Waals surface area contributed by atoms with Crippen molar-refractivity contribution in [1.29, 1.82) is 0 Å². The fourth-order valence-electron chi connectivity index (χ4n) is 3.58. The van der Waals surface area contributed by atoms with Crippen LogP contribution in [0.25, 0.3) is 0 Å². The van der Waals surface area contributed by atoms with Crippen molar-refractivity contribution in [2.75, 3.05) is 34.4 Å². The monoisotopic (exact) mass is 416 g/mol. The molecule has 0 bridgehead atoms. The van der Waals surface area contributed by atoms with Gasteiger partial charge in [-0.05, 0) is 42.7 Å². The first-order chi connectivity index (χ1) is 14.1. The van der Waals surface area contributed by atoms with E-state index in [9.17, 15) is 0 Å². The Balaban J connectivity index is 1.49. The smallest absolute Gasteiger partial charge is 0.191 e. The maximum Gasteiger partial charge on any atom is 0.191 e. The van der Waals surface area contributed by atoms with Crippen LogP contribution < -0.4 is 20.1 Å². The first kappa shape index (κ1) is 21.5. The van der Waals surface area contributed by atoms with E-state index in [1.54, 1.807) is 14.2 Å². The number of hydrogen-bond donors (Lipinski definition) is 2. The van der Waals surface area contributed by atoms with E-state index in [1.165, 1.54) is 15.3 Å². The molecule has 7 heteroatoms. The lowest BCUT2D eigenvalue weighted by Gasteiger charge is -2.19. The minimum absolute atomic E-state index is 0.392. The number of methoxy groups -OCH3 is 2. The molecule has 2 N–H and O–H groups in total. The zero-order chi connectivity index (χ0) is 20.6. The molecule has 1 aromatic heterocycles. The van der Waals surface area contributed by atoms with E-state index < -0.39 is 0 Å². The highest BCUT2D eigenvalue weighted by Gasteiger charge is 2.23. The van der Waals surface area contributed by atoms with E-state index in [-0.39, 0.29) is 0 Å². The highest BCUT2D eigenvalue weighted by Crippen LogP contribution is 2.24. The first-order valence-corrected chi connectivity index (χ1v) is 10.9. The molecule has 1 saturated heterocycles. The van der Waals surface area contributed by atoms with Gasteiger partial charge in [-0.15, -0.1) is 11.3 Å². The lowest BCUT2D eigenvalue weighted by Crippen LogP contribution is -2.44. The molecule has 2 heterocycles. The lowest BCUT2D eigenvalue weighted by molar-refractivity contribution is 0.321. The van der Waals surface area contributed by atoms with Gasteiger partial charge in [-0.25, -0.2) is 0 Å². The summed E-state index contributed by atoms with van der Waals surface area (Å²) in [5.41, 5.74) is 1.20. The average Bonchev–Trinajstić information content (AvgIpc) is 3.39. The van der Waals surface area contributed by atoms with Gasteiger partial charge in [0, 0.05) is 48.5 Å². The Morgan fingerprint density at radius 3 is 2.52 bits per heavy atom. The van der Waals surface area contributed by atoms with Gasteiger partial charge in [-0.1, -0.05) is 6.92 Å². The molecule has 1 aliphatic heterocycles. The van der Waals surface area contributed by atoms with Crippen LogP contribution in [0.15, 0.2) is 35.3 Å². The Bertz CT molecular complexity index is 799. The molecule has 3 rings (SSSR count). The van der Waals surface area contributed by atoms with Gasteiger partial charge in [0.15, 0.2) is 5.96 Å². The molecule has 6 nitrogen and oxygen atoms in total. The zero-order valence-corrected chi connectivity index (χ0v) is 18.6. The topological polar surface area (TPSA) is 58.1 Å². The predicted octanol–water partition coefficient (Wildman–Crippen LogP) is 3.27. The first-order valence-electron chi connectivity index (χ1n) is 10.1. The highest BCUT2D eigenvalue weighted by atomic mass is 32.1. The molecule has 0 aliphatic carbocycles. The maximum atomic E-state index is 5.39. The summed E-state index contributed by atoms with van der Waals surface area (Å²) >= 11 is 1.86. The molecule has 0 spiro atoms. The summed E-state index contributed by atoms with van der Waals surface area (Å²) in [6.45, 7) is 5.92. The van der Waals surface area contributed by atoms with Crippen LogP contribution in [0.5, 0.6) is 11.5 Å². The summed E-state index contributed by atoms with van der Waals surface area (Å²) in [5.74, 6) is 2.53. The number of aryl methyl sites for hydroxylation is 1. The number of nitrogens with one attached hydrogen (secondary N) is 2. The summed E-state index contributed by atoms with van der Waals surface area (Å²) in [7, 11) is 5.20. The summed E-state index contributed by atoms with van der Waals surface area (Å²) in [4.78, 5) is 9.61. The SMILES string of the molecule is CCc1ccc(CNC(=NC)NC2CCN(Cc3cc(OC)cc(OC)c3)C2)s1. The van der Waals surface area contributed by atoms with Gasteiger partial charge >= 0.3 is 0 Å². The third-order valence-corrected chi connectivity index (χ3v) is 6.38. The van der Waals surface area contributed by atoms with Gasteiger partial charge in [0.2, 0.25) is 0 Å². The molecule has 2 aromatic rings. The molecule has 1 fully saturated rings. The number of rotatable bonds is 8. The van der Waals surface area contributed by atoms with E-state index in [1.807, 2.05) is 24.5 Å². The van der Waals surface area contributed by atoms with Gasteiger partial charge in [-0.3, -0.25) is 9.89 Å². The third-order valence-electron chi connectivity index (χ3n) is 5.15. The standard InChI is InChI=1S/C22H32N4O2S/c1-5-20-6-7-21(29-20)13-24-22(23-2)25-17-8-9-26(15-17)14-16-10-18(27-3)12-19(11-16)28-4/h6-7,10-12,17H,5,8-9,13-15H2,1-4H3,(H2,23,24,25). The molecule has 0 saturated carbocycles. The van der Waals surface area contributed by atoms with Crippen molar-refractivity contribution >= 4 is 17.3 Å². The van der Waals surface area contributed by atoms with Crippen molar-refractivity contribution in [3.8, 4) is 11.5 Å². The number of ether oxygens (including phenoxy) is 2. The quantitative estimate of drug-likeness (QED) is 0.511. The van der Waals surface area contributed by atoms with Crippen molar-refractivity contribution < 1.29 is 9.47 Å². The summed E-state index contributed by atoms with van der Waals surface area (Å²) < 4.78 is 10.8. The van der Waals surface area contributed by atoms with E-state index in [2.05, 4.69) is 51.7 Å². The number of hydrogen-bond acceptors (Lipinski definition) is 5. The lowest BCUT2D eigenvalue weighted by atomic mass is 10.2. The number of thiophene rings is 1. The van der Waals surface area contributed by atoms with Gasteiger partial charge in [0.1, 0.15) is 11.5 Å². The molecular weight excluding hydrogens is 384 g/mol. The second-order valence-electron chi connectivity index (χ2n) is 7.23. The zero-order valence-electron chi connectivity index (χ0n) is 17.8.